The van der Waals surface area contributed by atoms with Crippen LogP contribution in [0.2, 0.25) is 0 Å². The van der Waals surface area contributed by atoms with Gasteiger partial charge in [-0.05, 0) is 49.6 Å². The Bertz CT molecular complexity index is 948. The van der Waals surface area contributed by atoms with E-state index in [0.717, 1.165) is 12.0 Å². The van der Waals surface area contributed by atoms with Crippen molar-refractivity contribution in [1.82, 2.24) is 9.21 Å². The van der Waals surface area contributed by atoms with E-state index in [2.05, 4.69) is 6.92 Å². The number of carbonyl (C=O) groups excluding carboxylic acids is 1. The predicted molar refractivity (Wildman–Crippen MR) is 117 cm³/mol. The van der Waals surface area contributed by atoms with Crippen molar-refractivity contribution in [3.05, 3.63) is 59.7 Å². The second-order valence-corrected chi connectivity index (χ2v) is 9.49. The molecule has 0 bridgehead atoms. The third-order valence-electron chi connectivity index (χ3n) is 5.47. The van der Waals surface area contributed by atoms with Gasteiger partial charge in [0.25, 0.3) is 5.91 Å². The van der Waals surface area contributed by atoms with E-state index in [1.807, 2.05) is 38.1 Å². The van der Waals surface area contributed by atoms with Crippen LogP contribution < -0.4 is 4.74 Å². The molecule has 0 aliphatic carbocycles. The van der Waals surface area contributed by atoms with Gasteiger partial charge in [0.1, 0.15) is 5.75 Å². The van der Waals surface area contributed by atoms with Crippen molar-refractivity contribution in [2.75, 3.05) is 26.2 Å². The zero-order valence-electron chi connectivity index (χ0n) is 17.9. The van der Waals surface area contributed by atoms with Crippen molar-refractivity contribution in [3.8, 4) is 5.75 Å². The van der Waals surface area contributed by atoms with Crippen LogP contribution in [0.5, 0.6) is 5.75 Å². The van der Waals surface area contributed by atoms with E-state index in [1.165, 1.54) is 9.87 Å². The minimum Gasteiger partial charge on any atom is -0.481 e. The summed E-state index contributed by atoms with van der Waals surface area (Å²) in [7, 11) is -3.54. The molecule has 2 aromatic rings. The van der Waals surface area contributed by atoms with E-state index in [9.17, 15) is 13.2 Å². The summed E-state index contributed by atoms with van der Waals surface area (Å²) < 4.78 is 33.1. The van der Waals surface area contributed by atoms with Gasteiger partial charge in [0.15, 0.2) is 6.10 Å². The van der Waals surface area contributed by atoms with Gasteiger partial charge in [-0.25, -0.2) is 8.42 Å². The number of rotatable bonds is 7. The predicted octanol–water partition coefficient (Wildman–Crippen LogP) is 3.25. The van der Waals surface area contributed by atoms with E-state index in [4.69, 9.17) is 4.74 Å². The van der Waals surface area contributed by atoms with Gasteiger partial charge in [0.2, 0.25) is 10.0 Å². The zero-order chi connectivity index (χ0) is 21.7. The maximum Gasteiger partial charge on any atom is 0.263 e. The zero-order valence-corrected chi connectivity index (χ0v) is 18.7. The van der Waals surface area contributed by atoms with Crippen LogP contribution in [0.4, 0.5) is 0 Å². The molecule has 1 aliphatic heterocycles. The number of sulfonamides is 1. The van der Waals surface area contributed by atoms with Crippen LogP contribution in [-0.2, 0) is 21.2 Å². The molecule has 162 valence electrons. The molecule has 3 rings (SSSR count). The van der Waals surface area contributed by atoms with Gasteiger partial charge in [0.05, 0.1) is 4.90 Å². The minimum atomic E-state index is -3.54. The van der Waals surface area contributed by atoms with Crippen LogP contribution in [0.25, 0.3) is 0 Å². The minimum absolute atomic E-state index is 0.0931. The van der Waals surface area contributed by atoms with Crippen molar-refractivity contribution >= 4 is 15.9 Å². The van der Waals surface area contributed by atoms with Crippen molar-refractivity contribution < 1.29 is 17.9 Å². The van der Waals surface area contributed by atoms with Gasteiger partial charge >= 0.3 is 0 Å². The van der Waals surface area contributed by atoms with Crippen LogP contribution in [-0.4, -0.2) is 55.8 Å². The standard InChI is InChI=1S/C23H30N2O4S/c1-4-19-8-10-20(11-9-19)29-22(5-2)23(26)24-14-16-25(17-15-24)30(27,28)21-12-6-18(3)7-13-21/h6-13,22H,4-5,14-17H2,1-3H3/t22-/m1/s1. The summed E-state index contributed by atoms with van der Waals surface area (Å²) in [6.45, 7) is 7.21. The van der Waals surface area contributed by atoms with E-state index in [1.54, 1.807) is 29.2 Å². The highest BCUT2D eigenvalue weighted by atomic mass is 32.2. The number of nitrogens with zero attached hydrogens (tertiary/aromatic N) is 2. The molecular formula is C23H30N2O4S. The highest BCUT2D eigenvalue weighted by Crippen LogP contribution is 2.20. The fourth-order valence-corrected chi connectivity index (χ4v) is 4.91. The third kappa shape index (κ3) is 5.02. The first kappa shape index (κ1) is 22.3. The lowest BCUT2D eigenvalue weighted by atomic mass is 10.1. The van der Waals surface area contributed by atoms with E-state index in [-0.39, 0.29) is 23.9 Å². The Hall–Kier alpha value is -2.38. The molecule has 2 aromatic carbocycles. The summed E-state index contributed by atoms with van der Waals surface area (Å²) in [6.07, 6.45) is 0.931. The maximum absolute atomic E-state index is 13.0. The number of amides is 1. The number of hydrogen-bond donors (Lipinski definition) is 0. The summed E-state index contributed by atoms with van der Waals surface area (Å²) >= 11 is 0. The van der Waals surface area contributed by atoms with Crippen LogP contribution in [0, 0.1) is 6.92 Å². The lowest BCUT2D eigenvalue weighted by Crippen LogP contribution is -2.53. The van der Waals surface area contributed by atoms with Crippen LogP contribution >= 0.6 is 0 Å². The fourth-order valence-electron chi connectivity index (χ4n) is 3.49. The largest absolute Gasteiger partial charge is 0.481 e. The number of hydrogen-bond acceptors (Lipinski definition) is 4. The first-order valence-electron chi connectivity index (χ1n) is 10.5. The molecule has 1 aliphatic rings. The van der Waals surface area contributed by atoms with Crippen LogP contribution in [0.15, 0.2) is 53.4 Å². The van der Waals surface area contributed by atoms with E-state index < -0.39 is 16.1 Å². The molecular weight excluding hydrogens is 400 g/mol. The number of aryl methyl sites for hydroxylation is 2. The summed E-state index contributed by atoms with van der Waals surface area (Å²) in [5.74, 6) is 0.581. The molecule has 1 amide bonds. The molecule has 7 heteroatoms. The second kappa shape index (κ2) is 9.62. The summed E-state index contributed by atoms with van der Waals surface area (Å²) in [5.41, 5.74) is 2.23. The van der Waals surface area contributed by atoms with Crippen molar-refractivity contribution in [3.63, 3.8) is 0 Å². The smallest absolute Gasteiger partial charge is 0.263 e. The van der Waals surface area contributed by atoms with Gasteiger partial charge in [-0.2, -0.15) is 4.31 Å². The summed E-state index contributed by atoms with van der Waals surface area (Å²) in [5, 5.41) is 0. The highest BCUT2D eigenvalue weighted by molar-refractivity contribution is 7.89. The number of ether oxygens (including phenoxy) is 1. The fraction of sp³-hybridized carbons (Fsp3) is 0.435. The SMILES string of the molecule is CCc1ccc(O[C@H](CC)C(=O)N2CCN(S(=O)(=O)c3ccc(C)cc3)CC2)cc1. The molecule has 1 heterocycles. The van der Waals surface area contributed by atoms with E-state index >= 15 is 0 Å². The Morgan fingerprint density at radius 3 is 2.10 bits per heavy atom. The molecule has 30 heavy (non-hydrogen) atoms. The van der Waals surface area contributed by atoms with E-state index in [0.29, 0.717) is 25.3 Å². The molecule has 1 atom stereocenters. The van der Waals surface area contributed by atoms with Gasteiger partial charge in [-0.1, -0.05) is 43.7 Å². The molecule has 0 radical (unpaired) electrons. The van der Waals surface area contributed by atoms with Gasteiger partial charge in [-0.3, -0.25) is 4.79 Å². The molecule has 6 nitrogen and oxygen atoms in total. The Kier molecular flexibility index (Phi) is 7.15. The lowest BCUT2D eigenvalue weighted by molar-refractivity contribution is -0.140. The molecule has 0 unspecified atom stereocenters. The second-order valence-electron chi connectivity index (χ2n) is 7.55. The maximum atomic E-state index is 13.0. The Morgan fingerprint density at radius 1 is 0.967 bits per heavy atom. The normalized spacial score (nSPS) is 16.3. The topological polar surface area (TPSA) is 66.9 Å². The Morgan fingerprint density at radius 2 is 1.57 bits per heavy atom. The average molecular weight is 431 g/mol. The van der Waals surface area contributed by atoms with Gasteiger partial charge < -0.3 is 9.64 Å². The third-order valence-corrected chi connectivity index (χ3v) is 7.38. The molecule has 1 fully saturated rings. The summed E-state index contributed by atoms with van der Waals surface area (Å²) in [6, 6.07) is 14.6. The quantitative estimate of drug-likeness (QED) is 0.676. The molecule has 0 aromatic heterocycles. The van der Waals surface area contributed by atoms with Crippen LogP contribution in [0.3, 0.4) is 0 Å². The van der Waals surface area contributed by atoms with Crippen molar-refractivity contribution in [2.45, 2.75) is 44.6 Å². The molecule has 1 saturated heterocycles. The lowest BCUT2D eigenvalue weighted by Gasteiger charge is -2.35. The summed E-state index contributed by atoms with van der Waals surface area (Å²) in [4.78, 5) is 14.9. The molecule has 0 saturated carbocycles. The first-order chi connectivity index (χ1) is 14.3. The monoisotopic (exact) mass is 430 g/mol. The number of piperazine rings is 1. The van der Waals surface area contributed by atoms with Crippen molar-refractivity contribution in [2.24, 2.45) is 0 Å². The van der Waals surface area contributed by atoms with Crippen LogP contribution in [0.1, 0.15) is 31.4 Å². The Balaban J connectivity index is 1.61. The number of carbonyl (C=O) groups is 1. The Labute approximate surface area is 179 Å². The number of benzene rings is 2. The average Bonchev–Trinajstić information content (AvgIpc) is 2.78. The van der Waals surface area contributed by atoms with Gasteiger partial charge in [0, 0.05) is 26.2 Å². The highest BCUT2D eigenvalue weighted by Gasteiger charge is 2.32. The molecule has 0 spiro atoms. The van der Waals surface area contributed by atoms with Gasteiger partial charge in [-0.15, -0.1) is 0 Å². The van der Waals surface area contributed by atoms with Crippen molar-refractivity contribution in [1.29, 1.82) is 0 Å². The first-order valence-corrected chi connectivity index (χ1v) is 11.9. The molecule has 0 N–H and O–H groups in total.